The molecule has 0 atom stereocenters. The van der Waals surface area contributed by atoms with Gasteiger partial charge in [0, 0.05) is 17.1 Å². The third-order valence-electron chi connectivity index (χ3n) is 4.42. The first-order chi connectivity index (χ1) is 11.9. The molecule has 24 heavy (non-hydrogen) atoms. The highest BCUT2D eigenvalue weighted by Crippen LogP contribution is 2.37. The van der Waals surface area contributed by atoms with E-state index in [-0.39, 0.29) is 0 Å². The lowest BCUT2D eigenvalue weighted by Gasteiger charge is -2.10. The molecule has 3 aromatic carbocycles. The van der Waals surface area contributed by atoms with Gasteiger partial charge in [-0.15, -0.1) is 11.3 Å². The van der Waals surface area contributed by atoms with Crippen LogP contribution in [0, 0.1) is 0 Å². The van der Waals surface area contributed by atoms with Crippen LogP contribution < -0.4 is 0 Å². The molecule has 114 valence electrons. The number of fused-ring (bicyclic) bond motifs is 3. The molecule has 0 amide bonds. The predicted octanol–water partition coefficient (Wildman–Crippen LogP) is 5.18. The van der Waals surface area contributed by atoms with Gasteiger partial charge < -0.3 is 0 Å². The molecule has 5 rings (SSSR count). The molecule has 0 aliphatic heterocycles. The number of hydrogen-bond acceptors (Lipinski definition) is 3. The Morgan fingerprint density at radius 2 is 1.62 bits per heavy atom. The molecule has 0 aliphatic carbocycles. The standard InChI is InChI=1S/C20H12N2OS/c23-12-17-19(21-20-22(17)9-10-24-20)18-15-7-3-1-5-13(15)11-14-6-2-4-8-16(14)18/h1-12H. The number of carbonyl (C=O) groups excluding carboxylic acids is 1. The summed E-state index contributed by atoms with van der Waals surface area (Å²) >= 11 is 1.54. The molecule has 0 N–H and O–H groups in total. The fourth-order valence-electron chi connectivity index (χ4n) is 3.37. The molecule has 2 heterocycles. The van der Waals surface area contributed by atoms with Crippen molar-refractivity contribution in [2.75, 3.05) is 0 Å². The number of aldehydes is 1. The van der Waals surface area contributed by atoms with Crippen molar-refractivity contribution >= 4 is 44.1 Å². The van der Waals surface area contributed by atoms with E-state index in [9.17, 15) is 4.79 Å². The molecule has 0 saturated carbocycles. The fraction of sp³-hybridized carbons (Fsp3) is 0. The van der Waals surface area contributed by atoms with E-state index in [2.05, 4.69) is 30.3 Å². The molecular weight excluding hydrogens is 316 g/mol. The van der Waals surface area contributed by atoms with Crippen LogP contribution in [-0.4, -0.2) is 15.7 Å². The molecule has 3 nitrogen and oxygen atoms in total. The van der Waals surface area contributed by atoms with Gasteiger partial charge in [0.1, 0.15) is 11.4 Å². The van der Waals surface area contributed by atoms with Crippen LogP contribution in [0.2, 0.25) is 0 Å². The van der Waals surface area contributed by atoms with Gasteiger partial charge in [0.15, 0.2) is 11.2 Å². The minimum absolute atomic E-state index is 0.604. The average molecular weight is 328 g/mol. The molecule has 4 heteroatoms. The van der Waals surface area contributed by atoms with E-state index in [1.165, 1.54) is 11.3 Å². The maximum Gasteiger partial charge on any atom is 0.194 e. The number of carbonyl (C=O) groups is 1. The van der Waals surface area contributed by atoms with Crippen LogP contribution >= 0.6 is 11.3 Å². The molecule has 0 saturated heterocycles. The number of nitrogens with zero attached hydrogens (tertiary/aromatic N) is 2. The quantitative estimate of drug-likeness (QED) is 0.330. The summed E-state index contributed by atoms with van der Waals surface area (Å²) in [7, 11) is 0. The minimum atomic E-state index is 0.604. The molecule has 0 fully saturated rings. The van der Waals surface area contributed by atoms with Crippen LogP contribution in [-0.2, 0) is 0 Å². The Morgan fingerprint density at radius 1 is 0.958 bits per heavy atom. The Labute approximate surface area is 141 Å². The molecule has 0 bridgehead atoms. The zero-order valence-electron chi connectivity index (χ0n) is 12.6. The number of hydrogen-bond donors (Lipinski definition) is 0. The molecule has 0 aliphatic rings. The first kappa shape index (κ1) is 13.5. The largest absolute Gasteiger partial charge is 0.296 e. The average Bonchev–Trinajstić information content (AvgIpc) is 3.20. The fourth-order valence-corrected chi connectivity index (χ4v) is 4.09. The second kappa shape index (κ2) is 5.01. The van der Waals surface area contributed by atoms with Gasteiger partial charge in [-0.2, -0.15) is 0 Å². The van der Waals surface area contributed by atoms with Crippen LogP contribution in [0.3, 0.4) is 0 Å². The van der Waals surface area contributed by atoms with Crippen molar-refractivity contribution in [3.63, 3.8) is 0 Å². The van der Waals surface area contributed by atoms with Gasteiger partial charge in [0.2, 0.25) is 0 Å². The molecule has 5 aromatic rings. The highest BCUT2D eigenvalue weighted by molar-refractivity contribution is 7.15. The zero-order chi connectivity index (χ0) is 16.1. The lowest BCUT2D eigenvalue weighted by atomic mass is 9.94. The highest BCUT2D eigenvalue weighted by Gasteiger charge is 2.18. The Balaban J connectivity index is 2.02. The van der Waals surface area contributed by atoms with Crippen molar-refractivity contribution in [2.45, 2.75) is 0 Å². The van der Waals surface area contributed by atoms with Gasteiger partial charge in [-0.05, 0) is 27.6 Å². The second-order valence-electron chi connectivity index (χ2n) is 5.71. The smallest absolute Gasteiger partial charge is 0.194 e. The summed E-state index contributed by atoms with van der Waals surface area (Å²) in [6, 6.07) is 18.7. The van der Waals surface area contributed by atoms with Gasteiger partial charge >= 0.3 is 0 Å². The third-order valence-corrected chi connectivity index (χ3v) is 5.18. The number of rotatable bonds is 2. The van der Waals surface area contributed by atoms with E-state index in [0.717, 1.165) is 44.0 Å². The normalized spacial score (nSPS) is 11.5. The first-order valence-electron chi connectivity index (χ1n) is 7.68. The Hall–Kier alpha value is -2.98. The minimum Gasteiger partial charge on any atom is -0.296 e. The number of thiazole rings is 1. The summed E-state index contributed by atoms with van der Waals surface area (Å²) in [5, 5.41) is 6.48. The number of aromatic nitrogens is 2. The molecule has 0 radical (unpaired) electrons. The van der Waals surface area contributed by atoms with Crippen molar-refractivity contribution in [1.29, 1.82) is 0 Å². The van der Waals surface area contributed by atoms with Crippen molar-refractivity contribution < 1.29 is 4.79 Å². The van der Waals surface area contributed by atoms with Crippen LogP contribution in [0.4, 0.5) is 0 Å². The van der Waals surface area contributed by atoms with Gasteiger partial charge in [-0.3, -0.25) is 9.20 Å². The Kier molecular flexibility index (Phi) is 2.81. The monoisotopic (exact) mass is 328 g/mol. The van der Waals surface area contributed by atoms with E-state index in [4.69, 9.17) is 4.98 Å². The van der Waals surface area contributed by atoms with Crippen molar-refractivity contribution in [3.8, 4) is 11.3 Å². The maximum absolute atomic E-state index is 11.8. The van der Waals surface area contributed by atoms with Gasteiger partial charge in [0.25, 0.3) is 0 Å². The summed E-state index contributed by atoms with van der Waals surface area (Å²) in [6.45, 7) is 0. The number of imidazole rings is 1. The van der Waals surface area contributed by atoms with Crippen molar-refractivity contribution in [2.24, 2.45) is 0 Å². The molecular formula is C20H12N2OS. The highest BCUT2D eigenvalue weighted by atomic mass is 32.1. The maximum atomic E-state index is 11.8. The van der Waals surface area contributed by atoms with E-state index in [1.807, 2.05) is 40.2 Å². The zero-order valence-corrected chi connectivity index (χ0v) is 13.5. The van der Waals surface area contributed by atoms with Crippen molar-refractivity contribution in [1.82, 2.24) is 9.38 Å². The lowest BCUT2D eigenvalue weighted by Crippen LogP contribution is -1.92. The predicted molar refractivity (Wildman–Crippen MR) is 98.9 cm³/mol. The molecule has 0 spiro atoms. The molecule has 0 unspecified atom stereocenters. The lowest BCUT2D eigenvalue weighted by molar-refractivity contribution is 0.111. The summed E-state index contributed by atoms with van der Waals surface area (Å²) in [5.41, 5.74) is 2.39. The Bertz CT molecular complexity index is 1180. The summed E-state index contributed by atoms with van der Waals surface area (Å²) in [5.74, 6) is 0. The second-order valence-corrected chi connectivity index (χ2v) is 6.59. The van der Waals surface area contributed by atoms with Crippen molar-refractivity contribution in [3.05, 3.63) is 71.9 Å². The number of benzene rings is 3. The van der Waals surface area contributed by atoms with E-state index >= 15 is 0 Å². The first-order valence-corrected chi connectivity index (χ1v) is 8.56. The van der Waals surface area contributed by atoms with E-state index in [1.54, 1.807) is 0 Å². The van der Waals surface area contributed by atoms with Crippen LogP contribution in [0.1, 0.15) is 10.5 Å². The SMILES string of the molecule is O=Cc1c(-c2c3ccccc3cc3ccccc23)nc2sccn12. The third kappa shape index (κ3) is 1.77. The Morgan fingerprint density at radius 3 is 2.29 bits per heavy atom. The summed E-state index contributed by atoms with van der Waals surface area (Å²) in [6.07, 6.45) is 2.80. The topological polar surface area (TPSA) is 34.4 Å². The van der Waals surface area contributed by atoms with E-state index < -0.39 is 0 Å². The van der Waals surface area contributed by atoms with Crippen LogP contribution in [0.15, 0.2) is 66.2 Å². The molecule has 2 aromatic heterocycles. The van der Waals surface area contributed by atoms with Gasteiger partial charge in [0.05, 0.1) is 0 Å². The van der Waals surface area contributed by atoms with E-state index in [0.29, 0.717) is 5.69 Å². The van der Waals surface area contributed by atoms with Crippen LogP contribution in [0.5, 0.6) is 0 Å². The summed E-state index contributed by atoms with van der Waals surface area (Å²) < 4.78 is 1.86. The van der Waals surface area contributed by atoms with Gasteiger partial charge in [-0.1, -0.05) is 48.5 Å². The van der Waals surface area contributed by atoms with Crippen LogP contribution in [0.25, 0.3) is 37.8 Å². The summed E-state index contributed by atoms with van der Waals surface area (Å²) in [4.78, 5) is 17.4. The van der Waals surface area contributed by atoms with Gasteiger partial charge in [-0.25, -0.2) is 4.98 Å².